The van der Waals surface area contributed by atoms with E-state index >= 15 is 0 Å². The van der Waals surface area contributed by atoms with Gasteiger partial charge in [0.05, 0.1) is 25.4 Å². The van der Waals surface area contributed by atoms with Crippen molar-refractivity contribution in [3.05, 3.63) is 64.9 Å². The maximum absolute atomic E-state index is 12.0. The first kappa shape index (κ1) is 19.7. The summed E-state index contributed by atoms with van der Waals surface area (Å²) in [5, 5.41) is 10.4. The van der Waals surface area contributed by atoms with Crippen molar-refractivity contribution in [2.24, 2.45) is 0 Å². The van der Waals surface area contributed by atoms with Gasteiger partial charge in [0.2, 0.25) is 0 Å². The van der Waals surface area contributed by atoms with Crippen LogP contribution in [0.15, 0.2) is 53.8 Å². The Morgan fingerprint density at radius 2 is 1.92 bits per heavy atom. The van der Waals surface area contributed by atoms with Crippen LogP contribution >= 0.6 is 0 Å². The summed E-state index contributed by atoms with van der Waals surface area (Å²) in [6, 6.07) is 6.77. The second-order valence-electron chi connectivity index (χ2n) is 5.47. The van der Waals surface area contributed by atoms with Crippen LogP contribution in [0.3, 0.4) is 0 Å². The Balaban J connectivity index is 2.18. The lowest BCUT2D eigenvalue weighted by atomic mass is 9.97. The van der Waals surface area contributed by atoms with Crippen molar-refractivity contribution in [3.63, 3.8) is 0 Å². The van der Waals surface area contributed by atoms with Gasteiger partial charge in [-0.1, -0.05) is 30.8 Å². The van der Waals surface area contributed by atoms with Crippen molar-refractivity contribution in [2.75, 3.05) is 19.8 Å². The topological polar surface area (TPSA) is 82.1 Å². The van der Waals surface area contributed by atoms with Crippen LogP contribution in [0.5, 0.6) is 0 Å². The molecular formula is C20H22O6. The number of ether oxygens (including phenoxy) is 3. The van der Waals surface area contributed by atoms with Gasteiger partial charge in [0.25, 0.3) is 0 Å². The fourth-order valence-corrected chi connectivity index (χ4v) is 2.62. The van der Waals surface area contributed by atoms with E-state index in [0.717, 1.165) is 5.56 Å². The van der Waals surface area contributed by atoms with Gasteiger partial charge in [0.1, 0.15) is 17.8 Å². The van der Waals surface area contributed by atoms with Crippen LogP contribution in [0, 0.1) is 0 Å². The highest BCUT2D eigenvalue weighted by atomic mass is 16.5. The lowest BCUT2D eigenvalue weighted by molar-refractivity contribution is -0.140. The van der Waals surface area contributed by atoms with E-state index in [1.165, 1.54) is 0 Å². The van der Waals surface area contributed by atoms with Crippen LogP contribution in [0.25, 0.3) is 0 Å². The van der Waals surface area contributed by atoms with E-state index in [0.29, 0.717) is 24.4 Å². The van der Waals surface area contributed by atoms with Crippen molar-refractivity contribution in [2.45, 2.75) is 26.1 Å². The van der Waals surface area contributed by atoms with Gasteiger partial charge < -0.3 is 19.3 Å². The quantitative estimate of drug-likeness (QED) is 0.458. The van der Waals surface area contributed by atoms with Crippen molar-refractivity contribution >= 4 is 11.9 Å². The molecule has 1 aliphatic rings. The third kappa shape index (κ3) is 4.29. The number of carbonyl (C=O) groups is 2. The summed E-state index contributed by atoms with van der Waals surface area (Å²) >= 11 is 0. The number of carbonyl (C=O) groups excluding carboxylic acids is 2. The minimum Gasteiger partial charge on any atom is -0.463 e. The van der Waals surface area contributed by atoms with Crippen LogP contribution in [0.2, 0.25) is 0 Å². The molecular weight excluding hydrogens is 336 g/mol. The molecule has 2 rings (SSSR count). The maximum atomic E-state index is 12.0. The molecule has 0 bridgehead atoms. The Labute approximate surface area is 152 Å². The molecule has 2 atom stereocenters. The Hall–Kier alpha value is -2.66. The van der Waals surface area contributed by atoms with Gasteiger partial charge in [-0.3, -0.25) is 0 Å². The molecule has 0 saturated carbocycles. The standard InChI is InChI=1S/C20H22O6/c1-4-15(19(22)24-5-2)17(21)13-7-9-14(10-8-13)18-16(11-12-26-18)20(23)25-6-3/h7-11,17-18,21H,1,5-6,12H2,2-3H3. The average Bonchev–Trinajstić information content (AvgIpc) is 3.12. The first-order chi connectivity index (χ1) is 12.5. The highest BCUT2D eigenvalue weighted by Crippen LogP contribution is 2.32. The molecule has 26 heavy (non-hydrogen) atoms. The number of rotatable bonds is 7. The van der Waals surface area contributed by atoms with Crippen molar-refractivity contribution in [1.29, 1.82) is 0 Å². The molecule has 1 heterocycles. The number of benzene rings is 1. The Bertz CT molecular complexity index is 719. The third-order valence-electron chi connectivity index (χ3n) is 3.87. The number of aliphatic hydroxyl groups is 1. The summed E-state index contributed by atoms with van der Waals surface area (Å²) in [5.41, 5.74) is 4.07. The predicted molar refractivity (Wildman–Crippen MR) is 94.1 cm³/mol. The second kappa shape index (κ2) is 9.15. The molecule has 0 saturated heterocycles. The van der Waals surface area contributed by atoms with E-state index in [1.54, 1.807) is 44.2 Å². The van der Waals surface area contributed by atoms with E-state index in [9.17, 15) is 14.7 Å². The fraction of sp³-hybridized carbons (Fsp3) is 0.350. The van der Waals surface area contributed by atoms with Gasteiger partial charge in [-0.15, -0.1) is 5.73 Å². The van der Waals surface area contributed by atoms with E-state index in [2.05, 4.69) is 12.3 Å². The fourth-order valence-electron chi connectivity index (χ4n) is 2.62. The zero-order valence-corrected chi connectivity index (χ0v) is 14.9. The van der Waals surface area contributed by atoms with Crippen LogP contribution < -0.4 is 0 Å². The summed E-state index contributed by atoms with van der Waals surface area (Å²) < 4.78 is 15.5. The lowest BCUT2D eigenvalue weighted by Crippen LogP contribution is -2.15. The number of aliphatic hydroxyl groups excluding tert-OH is 1. The summed E-state index contributed by atoms with van der Waals surface area (Å²) in [6.45, 7) is 7.67. The second-order valence-corrected chi connectivity index (χ2v) is 5.47. The SMILES string of the molecule is C=C=C(C(=O)OCC)C(O)c1ccc(C2OCC=C2C(=O)OCC)cc1. The van der Waals surface area contributed by atoms with Gasteiger partial charge in [-0.2, -0.15) is 0 Å². The van der Waals surface area contributed by atoms with Gasteiger partial charge in [0, 0.05) is 0 Å². The first-order valence-corrected chi connectivity index (χ1v) is 8.37. The summed E-state index contributed by atoms with van der Waals surface area (Å²) in [4.78, 5) is 23.8. The van der Waals surface area contributed by atoms with E-state index < -0.39 is 24.1 Å². The van der Waals surface area contributed by atoms with Crippen LogP contribution in [0.4, 0.5) is 0 Å². The number of hydrogen-bond acceptors (Lipinski definition) is 6. The summed E-state index contributed by atoms with van der Waals surface area (Å²) in [6.07, 6.45) is -0.0186. The van der Waals surface area contributed by atoms with Crippen LogP contribution in [-0.4, -0.2) is 36.9 Å². The normalized spacial score (nSPS) is 17.0. The van der Waals surface area contributed by atoms with E-state index in [1.807, 2.05) is 0 Å². The largest absolute Gasteiger partial charge is 0.463 e. The molecule has 138 valence electrons. The van der Waals surface area contributed by atoms with Gasteiger partial charge in [0.15, 0.2) is 0 Å². The van der Waals surface area contributed by atoms with Crippen molar-refractivity contribution in [1.82, 2.24) is 0 Å². The molecule has 1 N–H and O–H groups in total. The predicted octanol–water partition coefficient (Wildman–Crippen LogP) is 2.56. The van der Waals surface area contributed by atoms with Crippen molar-refractivity contribution < 1.29 is 28.9 Å². The maximum Gasteiger partial charge on any atom is 0.344 e. The molecule has 0 amide bonds. The Morgan fingerprint density at radius 3 is 2.50 bits per heavy atom. The Morgan fingerprint density at radius 1 is 1.27 bits per heavy atom. The molecule has 0 aliphatic carbocycles. The molecule has 1 aliphatic heterocycles. The third-order valence-corrected chi connectivity index (χ3v) is 3.87. The Kier molecular flexibility index (Phi) is 6.92. The molecule has 0 spiro atoms. The van der Waals surface area contributed by atoms with Gasteiger partial charge in [-0.05, 0) is 31.1 Å². The minimum atomic E-state index is -1.20. The average molecular weight is 358 g/mol. The van der Waals surface area contributed by atoms with E-state index in [-0.39, 0.29) is 12.2 Å². The van der Waals surface area contributed by atoms with Crippen LogP contribution in [-0.2, 0) is 23.8 Å². The summed E-state index contributed by atoms with van der Waals surface area (Å²) in [5.74, 6) is -1.07. The molecule has 2 unspecified atom stereocenters. The zero-order valence-electron chi connectivity index (χ0n) is 14.9. The smallest absolute Gasteiger partial charge is 0.344 e. The molecule has 6 nitrogen and oxygen atoms in total. The molecule has 0 aromatic heterocycles. The molecule has 1 aromatic carbocycles. The van der Waals surface area contributed by atoms with Gasteiger partial charge >= 0.3 is 11.9 Å². The molecule has 0 fully saturated rings. The van der Waals surface area contributed by atoms with E-state index in [4.69, 9.17) is 14.2 Å². The zero-order chi connectivity index (χ0) is 19.1. The summed E-state index contributed by atoms with van der Waals surface area (Å²) in [7, 11) is 0. The molecule has 0 radical (unpaired) electrons. The minimum absolute atomic E-state index is 0.0520. The van der Waals surface area contributed by atoms with Gasteiger partial charge in [-0.25, -0.2) is 9.59 Å². The van der Waals surface area contributed by atoms with Crippen LogP contribution in [0.1, 0.15) is 37.2 Å². The lowest BCUT2D eigenvalue weighted by Gasteiger charge is -2.16. The molecule has 1 aromatic rings. The molecule has 6 heteroatoms. The monoisotopic (exact) mass is 358 g/mol. The number of hydrogen-bond donors (Lipinski definition) is 1. The number of esters is 2. The van der Waals surface area contributed by atoms with Crippen molar-refractivity contribution in [3.8, 4) is 0 Å². The highest BCUT2D eigenvalue weighted by Gasteiger charge is 2.29. The first-order valence-electron chi connectivity index (χ1n) is 8.37. The highest BCUT2D eigenvalue weighted by molar-refractivity contribution is 5.90.